The van der Waals surface area contributed by atoms with Gasteiger partial charge in [0.1, 0.15) is 5.75 Å². The fraction of sp³-hybridized carbons (Fsp3) is 0.500. The van der Waals surface area contributed by atoms with Gasteiger partial charge in [0.2, 0.25) is 0 Å². The average Bonchev–Trinajstić information content (AvgIpc) is 2.23. The molecule has 0 heterocycles. The van der Waals surface area contributed by atoms with Crippen LogP contribution < -0.4 is 5.32 Å². The van der Waals surface area contributed by atoms with E-state index < -0.39 is 0 Å². The molecule has 0 bridgehead atoms. The van der Waals surface area contributed by atoms with Crippen LogP contribution in [0.3, 0.4) is 0 Å². The first-order chi connectivity index (χ1) is 7.44. The fourth-order valence-corrected chi connectivity index (χ4v) is 1.67. The van der Waals surface area contributed by atoms with E-state index in [4.69, 9.17) is 4.74 Å². The molecule has 0 spiro atoms. The number of phenolic OH excluding ortho intramolecular Hbond substituents is 1. The van der Waals surface area contributed by atoms with Crippen LogP contribution in [0, 0.1) is 0 Å². The summed E-state index contributed by atoms with van der Waals surface area (Å²) < 4.78 is 6.26. The first-order valence-corrected chi connectivity index (χ1v) is 5.97. The Morgan fingerprint density at radius 2 is 2.12 bits per heavy atom. The van der Waals surface area contributed by atoms with Gasteiger partial charge in [-0.2, -0.15) is 0 Å². The van der Waals surface area contributed by atoms with Crippen LogP contribution in [-0.2, 0) is 11.3 Å². The lowest BCUT2D eigenvalue weighted by atomic mass is 10.1. The highest BCUT2D eigenvalue weighted by Crippen LogP contribution is 2.21. The summed E-state index contributed by atoms with van der Waals surface area (Å²) in [6.45, 7) is 5.38. The zero-order chi connectivity index (χ0) is 12.2. The third-order valence-electron chi connectivity index (χ3n) is 2.46. The fourth-order valence-electron chi connectivity index (χ4n) is 1.27. The summed E-state index contributed by atoms with van der Waals surface area (Å²) in [5.41, 5.74) is 0.683. The number of aromatic hydroxyl groups is 1. The molecule has 1 aromatic carbocycles. The highest BCUT2D eigenvalue weighted by Gasteiger charge is 2.15. The molecule has 0 aromatic heterocycles. The monoisotopic (exact) mass is 287 g/mol. The van der Waals surface area contributed by atoms with Crippen LogP contribution in [-0.4, -0.2) is 24.4 Å². The molecule has 0 aliphatic rings. The van der Waals surface area contributed by atoms with E-state index in [2.05, 4.69) is 21.2 Å². The molecule has 16 heavy (non-hydrogen) atoms. The van der Waals surface area contributed by atoms with Crippen molar-refractivity contribution in [1.29, 1.82) is 0 Å². The molecule has 1 rings (SSSR count). The van der Waals surface area contributed by atoms with E-state index >= 15 is 0 Å². The largest absolute Gasteiger partial charge is 0.508 e. The number of benzene rings is 1. The minimum absolute atomic E-state index is 0.193. The van der Waals surface area contributed by atoms with Crippen molar-refractivity contribution in [2.45, 2.75) is 26.0 Å². The van der Waals surface area contributed by atoms with Gasteiger partial charge in [0.15, 0.2) is 0 Å². The zero-order valence-electron chi connectivity index (χ0n) is 9.88. The van der Waals surface area contributed by atoms with Crippen LogP contribution in [0.5, 0.6) is 5.75 Å². The Hall–Kier alpha value is -0.580. The second kappa shape index (κ2) is 5.66. The number of rotatable bonds is 5. The van der Waals surface area contributed by atoms with Crippen molar-refractivity contribution in [2.24, 2.45) is 0 Å². The minimum Gasteiger partial charge on any atom is -0.508 e. The number of phenols is 1. The van der Waals surface area contributed by atoms with Crippen LogP contribution in [0.1, 0.15) is 19.4 Å². The highest BCUT2D eigenvalue weighted by atomic mass is 79.9. The predicted molar refractivity (Wildman–Crippen MR) is 68.6 cm³/mol. The summed E-state index contributed by atoms with van der Waals surface area (Å²) in [4.78, 5) is 0. The molecule has 0 atom stereocenters. The van der Waals surface area contributed by atoms with Gasteiger partial charge in [-0.05, 0) is 32.0 Å². The SMILES string of the molecule is COC(C)(C)CNCc1cc(Br)ccc1O. The molecule has 0 aliphatic carbocycles. The van der Waals surface area contributed by atoms with Crippen molar-refractivity contribution in [3.63, 3.8) is 0 Å². The minimum atomic E-state index is -0.193. The van der Waals surface area contributed by atoms with E-state index in [1.165, 1.54) is 0 Å². The summed E-state index contributed by atoms with van der Waals surface area (Å²) in [7, 11) is 1.69. The number of ether oxygens (including phenoxy) is 1. The number of hydrogen-bond donors (Lipinski definition) is 2. The predicted octanol–water partition coefficient (Wildman–Crippen LogP) is 2.67. The van der Waals surface area contributed by atoms with Crippen molar-refractivity contribution in [3.8, 4) is 5.75 Å². The van der Waals surface area contributed by atoms with Gasteiger partial charge in [-0.25, -0.2) is 0 Å². The Morgan fingerprint density at radius 1 is 1.44 bits per heavy atom. The zero-order valence-corrected chi connectivity index (χ0v) is 11.5. The van der Waals surface area contributed by atoms with E-state index in [0.29, 0.717) is 12.3 Å². The molecule has 0 amide bonds. The normalized spacial score (nSPS) is 11.8. The summed E-state index contributed by atoms with van der Waals surface area (Å²) in [6.07, 6.45) is 0. The van der Waals surface area contributed by atoms with Crippen molar-refractivity contribution in [2.75, 3.05) is 13.7 Å². The van der Waals surface area contributed by atoms with E-state index in [1.807, 2.05) is 26.0 Å². The Morgan fingerprint density at radius 3 is 2.75 bits per heavy atom. The molecule has 0 aliphatic heterocycles. The molecule has 0 radical (unpaired) electrons. The Bertz CT molecular complexity index is 353. The topological polar surface area (TPSA) is 41.5 Å². The molecule has 0 saturated carbocycles. The Balaban J connectivity index is 2.52. The Labute approximate surface area is 105 Å². The van der Waals surface area contributed by atoms with Gasteiger partial charge in [0.25, 0.3) is 0 Å². The van der Waals surface area contributed by atoms with Gasteiger partial charge in [-0.1, -0.05) is 15.9 Å². The van der Waals surface area contributed by atoms with Crippen molar-refractivity contribution in [3.05, 3.63) is 28.2 Å². The Kier molecular flexibility index (Phi) is 4.77. The highest BCUT2D eigenvalue weighted by molar-refractivity contribution is 9.10. The second-order valence-corrected chi connectivity index (χ2v) is 5.26. The van der Waals surface area contributed by atoms with Crippen LogP contribution >= 0.6 is 15.9 Å². The quantitative estimate of drug-likeness (QED) is 0.875. The van der Waals surface area contributed by atoms with Gasteiger partial charge in [-0.3, -0.25) is 0 Å². The van der Waals surface area contributed by atoms with Crippen LogP contribution in [0.4, 0.5) is 0 Å². The molecule has 4 heteroatoms. The van der Waals surface area contributed by atoms with Crippen molar-refractivity contribution >= 4 is 15.9 Å². The number of nitrogens with one attached hydrogen (secondary N) is 1. The van der Waals surface area contributed by atoms with E-state index in [9.17, 15) is 5.11 Å². The number of halogens is 1. The number of methoxy groups -OCH3 is 1. The van der Waals surface area contributed by atoms with Gasteiger partial charge in [0, 0.05) is 30.2 Å². The third kappa shape index (κ3) is 4.12. The van der Waals surface area contributed by atoms with Crippen LogP contribution in [0.15, 0.2) is 22.7 Å². The summed E-state index contributed by atoms with van der Waals surface area (Å²) in [6, 6.07) is 5.41. The first-order valence-electron chi connectivity index (χ1n) is 5.18. The lowest BCUT2D eigenvalue weighted by Gasteiger charge is -2.23. The van der Waals surface area contributed by atoms with Gasteiger partial charge < -0.3 is 15.2 Å². The van der Waals surface area contributed by atoms with Gasteiger partial charge >= 0.3 is 0 Å². The maximum absolute atomic E-state index is 9.63. The molecule has 0 unspecified atom stereocenters. The smallest absolute Gasteiger partial charge is 0.120 e. The lowest BCUT2D eigenvalue weighted by molar-refractivity contribution is 0.0230. The average molecular weight is 288 g/mol. The second-order valence-electron chi connectivity index (χ2n) is 4.34. The van der Waals surface area contributed by atoms with E-state index in [0.717, 1.165) is 16.6 Å². The van der Waals surface area contributed by atoms with Gasteiger partial charge in [-0.15, -0.1) is 0 Å². The van der Waals surface area contributed by atoms with Crippen molar-refractivity contribution in [1.82, 2.24) is 5.32 Å². The molecule has 1 aromatic rings. The maximum Gasteiger partial charge on any atom is 0.120 e. The molecule has 0 saturated heterocycles. The van der Waals surface area contributed by atoms with Crippen molar-refractivity contribution < 1.29 is 9.84 Å². The number of hydrogen-bond acceptors (Lipinski definition) is 3. The first kappa shape index (κ1) is 13.5. The molecule has 90 valence electrons. The molecule has 3 nitrogen and oxygen atoms in total. The molecular weight excluding hydrogens is 270 g/mol. The summed E-state index contributed by atoms with van der Waals surface area (Å²) in [5.74, 6) is 0.311. The van der Waals surface area contributed by atoms with Crippen LogP contribution in [0.2, 0.25) is 0 Å². The summed E-state index contributed by atoms with van der Waals surface area (Å²) in [5, 5.41) is 12.9. The summed E-state index contributed by atoms with van der Waals surface area (Å²) >= 11 is 3.38. The van der Waals surface area contributed by atoms with E-state index in [1.54, 1.807) is 13.2 Å². The standard InChI is InChI=1S/C12H18BrNO2/c1-12(2,16-3)8-14-7-9-6-10(13)4-5-11(9)15/h4-6,14-15H,7-8H2,1-3H3. The molecular formula is C12H18BrNO2. The molecule has 0 fully saturated rings. The third-order valence-corrected chi connectivity index (χ3v) is 2.95. The van der Waals surface area contributed by atoms with Gasteiger partial charge in [0.05, 0.1) is 5.60 Å². The van der Waals surface area contributed by atoms with Crippen LogP contribution in [0.25, 0.3) is 0 Å². The van der Waals surface area contributed by atoms with E-state index in [-0.39, 0.29) is 5.60 Å². The lowest BCUT2D eigenvalue weighted by Crippen LogP contribution is -2.36. The maximum atomic E-state index is 9.63. The molecule has 2 N–H and O–H groups in total.